The molecule has 0 fully saturated rings. The Morgan fingerprint density at radius 1 is 0.492 bits per heavy atom. The van der Waals surface area contributed by atoms with E-state index >= 15 is 0 Å². The van der Waals surface area contributed by atoms with Gasteiger partial charge in [0.15, 0.2) is 0 Å². The minimum atomic E-state index is 0. The van der Waals surface area contributed by atoms with Crippen LogP contribution in [0.2, 0.25) is 0 Å². The van der Waals surface area contributed by atoms with Gasteiger partial charge >= 0.3 is 21.1 Å². The van der Waals surface area contributed by atoms with Crippen LogP contribution in [0.25, 0.3) is 89.2 Å². The summed E-state index contributed by atoms with van der Waals surface area (Å²) in [4.78, 5) is 4.76. The van der Waals surface area contributed by atoms with Crippen LogP contribution in [-0.2, 0) is 21.1 Å². The number of hydrogen-bond acceptors (Lipinski definition) is 3. The summed E-state index contributed by atoms with van der Waals surface area (Å²) in [7, 11) is 0. The molecule has 11 rings (SSSR count). The summed E-state index contributed by atoms with van der Waals surface area (Å²) in [5, 5.41) is 7.75. The minimum Gasteiger partial charge on any atom is -0.509 e. The van der Waals surface area contributed by atoms with Crippen LogP contribution in [-0.4, -0.2) is 19.3 Å². The molecule has 0 N–H and O–H groups in total. The number of para-hydroxylation sites is 1. The molecule has 11 aromatic rings. The van der Waals surface area contributed by atoms with Gasteiger partial charge in [-0.05, 0) is 64.0 Å². The van der Waals surface area contributed by atoms with Crippen molar-refractivity contribution in [1.29, 1.82) is 0 Å². The van der Waals surface area contributed by atoms with Gasteiger partial charge in [0.25, 0.3) is 0 Å². The van der Waals surface area contributed by atoms with E-state index in [1.165, 1.54) is 0 Å². The Bertz CT molecular complexity index is 3320. The van der Waals surface area contributed by atoms with Gasteiger partial charge in [0, 0.05) is 45.5 Å². The number of aromatic nitrogens is 4. The standard InChI is InChI=1S/C57H38N4O.Pt/c1-39-34-35-58-53(36-39)60-51-31-15-14-28-49(51)50-33-32-46(38-52(50)60)62-45-27-16-26-44(37-45)61-57(43-24-12-5-13-25-43)55(56(59-61)42-22-10-4-11-23-42)54-47(40-18-6-2-7-19-40)29-17-30-48(54)41-20-8-3-9-21-41;/h2-36H,1H3;/q-2;+2. The van der Waals surface area contributed by atoms with Crippen molar-refractivity contribution in [2.24, 2.45) is 0 Å². The van der Waals surface area contributed by atoms with Gasteiger partial charge in [0.05, 0.1) is 5.69 Å². The second-order valence-electron chi connectivity index (χ2n) is 15.3. The zero-order valence-electron chi connectivity index (χ0n) is 34.2. The molecule has 0 radical (unpaired) electrons. The third-order valence-electron chi connectivity index (χ3n) is 11.4. The fourth-order valence-electron chi connectivity index (χ4n) is 8.58. The van der Waals surface area contributed by atoms with Gasteiger partial charge in [0.1, 0.15) is 11.5 Å². The molecule has 0 aliphatic heterocycles. The van der Waals surface area contributed by atoms with Gasteiger partial charge in [-0.2, -0.15) is 17.2 Å². The maximum atomic E-state index is 6.68. The van der Waals surface area contributed by atoms with Gasteiger partial charge < -0.3 is 9.30 Å². The Morgan fingerprint density at radius 2 is 1.08 bits per heavy atom. The Labute approximate surface area is 380 Å². The topological polar surface area (TPSA) is 44.9 Å². The zero-order chi connectivity index (χ0) is 41.4. The second kappa shape index (κ2) is 17.0. The maximum absolute atomic E-state index is 6.68. The van der Waals surface area contributed by atoms with Gasteiger partial charge in [0.2, 0.25) is 0 Å². The van der Waals surface area contributed by atoms with E-state index in [0.29, 0.717) is 11.5 Å². The maximum Gasteiger partial charge on any atom is 2.00 e. The molecule has 3 aromatic heterocycles. The first-order chi connectivity index (χ1) is 30.7. The summed E-state index contributed by atoms with van der Waals surface area (Å²) in [5.74, 6) is 1.95. The van der Waals surface area contributed by atoms with E-state index in [0.717, 1.165) is 94.8 Å². The second-order valence-corrected chi connectivity index (χ2v) is 15.3. The largest absolute Gasteiger partial charge is 2.00 e. The first-order valence-electron chi connectivity index (χ1n) is 20.7. The van der Waals surface area contributed by atoms with Gasteiger partial charge in [-0.3, -0.25) is 4.68 Å². The van der Waals surface area contributed by atoms with Crippen molar-refractivity contribution >= 4 is 21.8 Å². The van der Waals surface area contributed by atoms with Crippen LogP contribution in [0.5, 0.6) is 11.5 Å². The molecule has 0 spiro atoms. The number of ether oxygens (including phenoxy) is 1. The predicted molar refractivity (Wildman–Crippen MR) is 252 cm³/mol. The van der Waals surface area contributed by atoms with Crippen molar-refractivity contribution in [2.75, 3.05) is 0 Å². The van der Waals surface area contributed by atoms with Crippen molar-refractivity contribution in [2.45, 2.75) is 6.92 Å². The molecule has 0 saturated carbocycles. The normalized spacial score (nSPS) is 11.1. The molecule has 5 nitrogen and oxygen atoms in total. The van der Waals surface area contributed by atoms with Crippen LogP contribution >= 0.6 is 0 Å². The molecule has 0 unspecified atom stereocenters. The quantitative estimate of drug-likeness (QED) is 0.135. The monoisotopic (exact) mass is 989 g/mol. The molecule has 0 saturated heterocycles. The molecular formula is C57H38N4OPt. The summed E-state index contributed by atoms with van der Waals surface area (Å²) in [6, 6.07) is 78.6. The molecular weight excluding hydrogens is 952 g/mol. The number of benzene rings is 8. The number of rotatable bonds is 9. The van der Waals surface area contributed by atoms with Crippen molar-refractivity contribution in [1.82, 2.24) is 19.3 Å². The number of pyridine rings is 1. The smallest absolute Gasteiger partial charge is 0.509 e. The van der Waals surface area contributed by atoms with Crippen molar-refractivity contribution in [3.8, 4) is 78.9 Å². The first-order valence-corrected chi connectivity index (χ1v) is 20.7. The van der Waals surface area contributed by atoms with E-state index < -0.39 is 0 Å². The number of aryl methyl sites for hydroxylation is 1. The van der Waals surface area contributed by atoms with E-state index in [9.17, 15) is 0 Å². The van der Waals surface area contributed by atoms with Crippen molar-refractivity contribution in [3.05, 3.63) is 230 Å². The summed E-state index contributed by atoms with van der Waals surface area (Å²) < 4.78 is 10.9. The third kappa shape index (κ3) is 7.37. The fourth-order valence-corrected chi connectivity index (χ4v) is 8.58. The van der Waals surface area contributed by atoms with E-state index in [4.69, 9.17) is 14.8 Å². The molecule has 3 heterocycles. The summed E-state index contributed by atoms with van der Waals surface area (Å²) >= 11 is 0. The van der Waals surface area contributed by atoms with E-state index in [1.54, 1.807) is 0 Å². The van der Waals surface area contributed by atoms with E-state index in [2.05, 4.69) is 193 Å². The molecule has 8 aromatic carbocycles. The van der Waals surface area contributed by atoms with Gasteiger partial charge in [-0.25, -0.2) is 4.98 Å². The summed E-state index contributed by atoms with van der Waals surface area (Å²) in [6.45, 7) is 2.08. The van der Waals surface area contributed by atoms with Crippen LogP contribution < -0.4 is 4.74 Å². The minimum absolute atomic E-state index is 0. The Kier molecular flexibility index (Phi) is 10.7. The summed E-state index contributed by atoms with van der Waals surface area (Å²) in [5.41, 5.74) is 14.3. The third-order valence-corrected chi connectivity index (χ3v) is 11.4. The zero-order valence-corrected chi connectivity index (χ0v) is 36.5. The predicted octanol–water partition coefficient (Wildman–Crippen LogP) is 14.4. The van der Waals surface area contributed by atoms with Crippen LogP contribution in [0.15, 0.2) is 212 Å². The Morgan fingerprint density at radius 3 is 1.75 bits per heavy atom. The molecule has 0 atom stereocenters. The molecule has 302 valence electrons. The van der Waals surface area contributed by atoms with Crippen LogP contribution in [0.4, 0.5) is 0 Å². The fraction of sp³-hybridized carbons (Fsp3) is 0.0175. The number of hydrogen-bond donors (Lipinski definition) is 0. The summed E-state index contributed by atoms with van der Waals surface area (Å²) in [6.07, 6.45) is 1.85. The Balaban J connectivity index is 0.00000471. The molecule has 63 heavy (non-hydrogen) atoms. The molecule has 0 amide bonds. The number of fused-ring (bicyclic) bond motifs is 3. The van der Waals surface area contributed by atoms with Gasteiger partial charge in [-0.1, -0.05) is 163 Å². The molecule has 6 heteroatoms. The average Bonchev–Trinajstić information content (AvgIpc) is 3.89. The van der Waals surface area contributed by atoms with Crippen LogP contribution in [0, 0.1) is 19.1 Å². The molecule has 0 bridgehead atoms. The SMILES string of the molecule is Cc1ccnc(-n2c3[c-]c(Oc4[c-]c(-n5nc(-c6ccccc6)c(-c6c(-c7ccccc7)cccc6-c6ccccc6)c5-c5ccccc5)ccc4)ccc3c3ccccc32)c1.[Pt+2]. The van der Waals surface area contributed by atoms with E-state index in [1.807, 2.05) is 47.3 Å². The Hall–Kier alpha value is -7.59. The number of nitrogens with zero attached hydrogens (tertiary/aromatic N) is 4. The van der Waals surface area contributed by atoms with Crippen LogP contribution in [0.1, 0.15) is 5.56 Å². The molecule has 0 aliphatic carbocycles. The van der Waals surface area contributed by atoms with Crippen molar-refractivity contribution < 1.29 is 25.8 Å². The molecule has 0 aliphatic rings. The van der Waals surface area contributed by atoms with Crippen molar-refractivity contribution in [3.63, 3.8) is 0 Å². The average molecular weight is 990 g/mol. The van der Waals surface area contributed by atoms with Crippen LogP contribution in [0.3, 0.4) is 0 Å². The van der Waals surface area contributed by atoms with E-state index in [-0.39, 0.29) is 21.1 Å². The first kappa shape index (κ1) is 39.5. The van der Waals surface area contributed by atoms with Gasteiger partial charge in [-0.15, -0.1) is 35.7 Å².